The van der Waals surface area contributed by atoms with Crippen LogP contribution >= 0.6 is 35.1 Å². The monoisotopic (exact) mass is 758 g/mol. The van der Waals surface area contributed by atoms with Crippen LogP contribution in [0.2, 0.25) is 0 Å². The van der Waals surface area contributed by atoms with Gasteiger partial charge in [-0.15, -0.1) is 23.5 Å². The number of oxime groups is 1. The molecule has 4 N–H and O–H groups in total. The molecule has 0 spiro atoms. The maximum Gasteiger partial charge on any atom is 0.356 e. The molecule has 2 aromatic heterocycles. The topological polar surface area (TPSA) is 190 Å². The van der Waals surface area contributed by atoms with Crippen LogP contribution in [0.15, 0.2) is 119 Å². The molecular formula is C35H32N7O7S3+. The van der Waals surface area contributed by atoms with Crippen molar-refractivity contribution < 1.29 is 38.4 Å². The third kappa shape index (κ3) is 8.33. The molecule has 4 heterocycles. The maximum absolute atomic E-state index is 14.3. The average Bonchev–Trinajstić information content (AvgIpc) is 3.60. The highest BCUT2D eigenvalue weighted by atomic mass is 32.2. The molecule has 1 saturated heterocycles. The van der Waals surface area contributed by atoms with Gasteiger partial charge in [0.05, 0.1) is 5.75 Å². The van der Waals surface area contributed by atoms with Gasteiger partial charge in [-0.1, -0.05) is 71.9 Å². The number of benzene rings is 2. The number of pyridine rings is 1. The molecule has 0 radical (unpaired) electrons. The number of allylic oxidation sites excluding steroid dienone is 2. The SMILES string of the molecule is CO/N=C(\C(=O)NC1C(=O)N2C(C(=O)OC(c3ccccc3)c3ccccc3)=C(/C=C/C[n+]3ccc(SCC(=O)O)cc3)CS[C@H]12)c1nsc(N)n1. The van der Waals surface area contributed by atoms with Gasteiger partial charge in [-0.05, 0) is 22.8 Å². The summed E-state index contributed by atoms with van der Waals surface area (Å²) in [6.45, 7) is 0.434. The summed E-state index contributed by atoms with van der Waals surface area (Å²) in [5, 5.41) is 14.9. The summed E-state index contributed by atoms with van der Waals surface area (Å²) in [5.41, 5.74) is 7.61. The van der Waals surface area contributed by atoms with Crippen molar-refractivity contribution in [3.05, 3.63) is 126 Å². The number of carboxylic acid groups (broad SMARTS) is 1. The second kappa shape index (κ2) is 16.7. The fraction of sp³-hybridized carbons (Fsp3) is 0.200. The summed E-state index contributed by atoms with van der Waals surface area (Å²) in [6.07, 6.45) is 6.56. The Morgan fingerprint density at radius 2 is 1.79 bits per heavy atom. The van der Waals surface area contributed by atoms with E-state index in [9.17, 15) is 19.2 Å². The van der Waals surface area contributed by atoms with Gasteiger partial charge in [-0.3, -0.25) is 19.3 Å². The van der Waals surface area contributed by atoms with Crippen molar-refractivity contribution >= 4 is 69.7 Å². The lowest BCUT2D eigenvalue weighted by atomic mass is 10.0. The highest BCUT2D eigenvalue weighted by molar-refractivity contribution is 8.00. The quantitative estimate of drug-likeness (QED) is 0.0426. The molecule has 0 bridgehead atoms. The molecule has 2 aromatic carbocycles. The van der Waals surface area contributed by atoms with Crippen LogP contribution in [-0.2, 0) is 35.3 Å². The number of thioether (sulfide) groups is 2. The maximum atomic E-state index is 14.3. The van der Waals surface area contributed by atoms with E-state index in [1.807, 2.05) is 95.8 Å². The number of esters is 1. The number of rotatable bonds is 14. The van der Waals surface area contributed by atoms with Crippen LogP contribution in [0.5, 0.6) is 0 Å². The highest BCUT2D eigenvalue weighted by Crippen LogP contribution is 2.42. The molecule has 1 unspecified atom stereocenters. The number of aliphatic carboxylic acids is 1. The number of nitrogens with zero attached hydrogens (tertiary/aromatic N) is 5. The summed E-state index contributed by atoms with van der Waals surface area (Å²) in [5.74, 6) is -2.58. The number of amides is 2. The van der Waals surface area contributed by atoms with Crippen LogP contribution < -0.4 is 15.6 Å². The lowest BCUT2D eigenvalue weighted by Crippen LogP contribution is -2.71. The predicted octanol–water partition coefficient (Wildman–Crippen LogP) is 3.18. The summed E-state index contributed by atoms with van der Waals surface area (Å²) in [6, 6.07) is 21.3. The van der Waals surface area contributed by atoms with Crippen LogP contribution in [0.4, 0.5) is 5.13 Å². The Morgan fingerprint density at radius 3 is 2.38 bits per heavy atom. The van der Waals surface area contributed by atoms with Crippen LogP contribution in [0.3, 0.4) is 0 Å². The zero-order valence-corrected chi connectivity index (χ0v) is 30.0. The number of β-lactam (4-membered cyclic amide) rings is 1. The number of aromatic nitrogens is 3. The Labute approximate surface area is 310 Å². The first-order valence-electron chi connectivity index (χ1n) is 15.7. The van der Waals surface area contributed by atoms with E-state index in [1.165, 1.54) is 35.5 Å². The van der Waals surface area contributed by atoms with E-state index in [0.29, 0.717) is 17.9 Å². The number of anilines is 1. The minimum Gasteiger partial charge on any atom is -0.481 e. The van der Waals surface area contributed by atoms with Gasteiger partial charge in [0.1, 0.15) is 24.2 Å². The molecule has 2 amide bonds. The summed E-state index contributed by atoms with van der Waals surface area (Å²) in [7, 11) is 1.27. The van der Waals surface area contributed by atoms with Gasteiger partial charge in [0.2, 0.25) is 11.5 Å². The molecule has 2 aliphatic rings. The van der Waals surface area contributed by atoms with Gasteiger partial charge in [-0.25, -0.2) is 9.36 Å². The second-order valence-electron chi connectivity index (χ2n) is 11.2. The first-order chi connectivity index (χ1) is 25.2. The zero-order valence-electron chi connectivity index (χ0n) is 27.5. The molecule has 4 aromatic rings. The Hall–Kier alpha value is -5.52. The molecule has 17 heteroatoms. The molecule has 266 valence electrons. The Morgan fingerprint density at radius 1 is 1.12 bits per heavy atom. The largest absolute Gasteiger partial charge is 0.481 e. The molecule has 52 heavy (non-hydrogen) atoms. The van der Waals surface area contributed by atoms with E-state index in [0.717, 1.165) is 27.6 Å². The molecule has 0 saturated carbocycles. The lowest BCUT2D eigenvalue weighted by Gasteiger charge is -2.49. The van der Waals surface area contributed by atoms with Gasteiger partial charge in [0.25, 0.3) is 11.8 Å². The number of fused-ring (bicyclic) bond motifs is 1. The van der Waals surface area contributed by atoms with Crippen molar-refractivity contribution in [1.29, 1.82) is 0 Å². The van der Waals surface area contributed by atoms with E-state index in [-0.39, 0.29) is 28.1 Å². The molecule has 2 aliphatic heterocycles. The van der Waals surface area contributed by atoms with Gasteiger partial charge in [0.15, 0.2) is 30.2 Å². The van der Waals surface area contributed by atoms with Crippen LogP contribution in [0.1, 0.15) is 23.1 Å². The minimum atomic E-state index is -0.990. The fourth-order valence-electron chi connectivity index (χ4n) is 5.45. The normalized spacial score (nSPS) is 17.2. The van der Waals surface area contributed by atoms with Crippen LogP contribution in [0, 0.1) is 0 Å². The molecule has 0 aliphatic carbocycles. The van der Waals surface area contributed by atoms with Crippen molar-refractivity contribution in [3.63, 3.8) is 0 Å². The third-order valence-electron chi connectivity index (χ3n) is 7.82. The number of carbonyl (C=O) groups is 4. The van der Waals surface area contributed by atoms with Crippen molar-refractivity contribution in [2.75, 3.05) is 24.3 Å². The smallest absolute Gasteiger partial charge is 0.356 e. The number of nitrogen functional groups attached to an aromatic ring is 1. The van der Waals surface area contributed by atoms with E-state index in [1.54, 1.807) is 6.08 Å². The summed E-state index contributed by atoms with van der Waals surface area (Å²) >= 11 is 3.49. The molecular weight excluding hydrogens is 727 g/mol. The molecule has 14 nitrogen and oxygen atoms in total. The minimum absolute atomic E-state index is 0.0369. The Balaban J connectivity index is 1.27. The van der Waals surface area contributed by atoms with E-state index >= 15 is 0 Å². The predicted molar refractivity (Wildman–Crippen MR) is 195 cm³/mol. The number of carbonyl (C=O) groups excluding carboxylic acids is 3. The molecule has 6 rings (SSSR count). The van der Waals surface area contributed by atoms with E-state index < -0.39 is 41.3 Å². The first kappa shape index (κ1) is 36.3. The van der Waals surface area contributed by atoms with Gasteiger partial charge in [-0.2, -0.15) is 9.36 Å². The third-order valence-corrected chi connectivity index (χ3v) is 10.7. The zero-order chi connectivity index (χ0) is 36.6. The van der Waals surface area contributed by atoms with Crippen molar-refractivity contribution in [3.8, 4) is 0 Å². The van der Waals surface area contributed by atoms with Crippen LogP contribution in [0.25, 0.3) is 0 Å². The lowest BCUT2D eigenvalue weighted by molar-refractivity contribution is -0.687. The van der Waals surface area contributed by atoms with Crippen molar-refractivity contribution in [1.82, 2.24) is 19.6 Å². The standard InChI is InChI=1S/C35H31N7O7S3/c1-48-39-26(30-38-35(36)52-40-30)31(45)37-27-32(46)42-28(34(47)49-29(21-9-4-2-5-10-21)22-11-6-3-7-12-22)23(19-51-33(27)42)13-8-16-41-17-14-24(15-18-41)50-20-25(43)44/h2-15,17-18,27,29,33H,16,19-20H2,1H3,(H3-,36,37,38,40,43,44,45)/p+1/b13-8+,39-26-/t27?,33-/m1/s1. The fourth-order valence-corrected chi connectivity index (χ4v) is 7.80. The van der Waals surface area contributed by atoms with Crippen LogP contribution in [-0.4, -0.2) is 78.9 Å². The number of nitrogens with one attached hydrogen (secondary N) is 1. The van der Waals surface area contributed by atoms with Gasteiger partial charge < -0.3 is 25.7 Å². The summed E-state index contributed by atoms with van der Waals surface area (Å²) < 4.78 is 12.1. The number of hydrogen-bond donors (Lipinski definition) is 3. The highest BCUT2D eigenvalue weighted by Gasteiger charge is 2.55. The molecule has 2 atom stereocenters. The van der Waals surface area contributed by atoms with E-state index in [4.69, 9.17) is 20.4 Å². The Bertz CT molecular complexity index is 2000. The summed E-state index contributed by atoms with van der Waals surface area (Å²) in [4.78, 5) is 63.3. The number of nitrogens with two attached hydrogens (primary N) is 1. The van der Waals surface area contributed by atoms with Crippen molar-refractivity contribution in [2.45, 2.75) is 29.0 Å². The number of hydrogen-bond acceptors (Lipinski definition) is 13. The van der Waals surface area contributed by atoms with Crippen molar-refractivity contribution in [2.24, 2.45) is 5.16 Å². The average molecular weight is 759 g/mol. The first-order valence-corrected chi connectivity index (χ1v) is 18.5. The van der Waals surface area contributed by atoms with E-state index in [2.05, 4.69) is 19.8 Å². The number of carboxylic acids is 1. The second-order valence-corrected chi connectivity index (χ2v) is 14.2. The molecule has 1 fully saturated rings. The number of ether oxygens (including phenoxy) is 1. The van der Waals surface area contributed by atoms with Gasteiger partial charge >= 0.3 is 11.9 Å². The van der Waals surface area contributed by atoms with Gasteiger partial charge in [0, 0.05) is 34.3 Å². The Kier molecular flexibility index (Phi) is 11.6.